The standard InChI is InChI=1S/C26H28N6O3/c1-17-6-5-9-31(15-17)24(25-28-29-30-32(25)16-18-7-3-2-4-8-18)20-12-19-13-22-23(35-11-10-34-22)14-21(19)27-26(20)33/h2-4,7-8,12-14,17,24H,5-6,9-11,15-16H2,1H3,(H,27,33). The smallest absolute Gasteiger partial charge is 0.253 e. The van der Waals surface area contributed by atoms with Gasteiger partial charge in [-0.1, -0.05) is 37.3 Å². The van der Waals surface area contributed by atoms with E-state index in [-0.39, 0.29) is 11.6 Å². The zero-order valence-electron chi connectivity index (χ0n) is 19.7. The molecular formula is C26H28N6O3. The van der Waals surface area contributed by atoms with Crippen molar-refractivity contribution in [3.63, 3.8) is 0 Å². The van der Waals surface area contributed by atoms with Crippen LogP contribution in [0.5, 0.6) is 11.5 Å². The number of ether oxygens (including phenoxy) is 2. The number of benzene rings is 2. The minimum absolute atomic E-state index is 0.147. The normalized spacial score (nSPS) is 19.1. The van der Waals surface area contributed by atoms with E-state index in [0.29, 0.717) is 48.6 Å². The van der Waals surface area contributed by atoms with Gasteiger partial charge in [0.05, 0.1) is 12.1 Å². The number of hydrogen-bond acceptors (Lipinski definition) is 7. The van der Waals surface area contributed by atoms with Crippen molar-refractivity contribution in [3.8, 4) is 11.5 Å². The SMILES string of the molecule is CC1CCCN(C(c2cc3cc4c(cc3[nH]c2=O)OCCO4)c2nnnn2Cc2ccccc2)C1. The second kappa shape index (κ2) is 9.14. The molecule has 6 rings (SSSR count). The summed E-state index contributed by atoms with van der Waals surface area (Å²) in [7, 11) is 0. The van der Waals surface area contributed by atoms with Gasteiger partial charge in [-0.2, -0.15) is 0 Å². The first-order valence-corrected chi connectivity index (χ1v) is 12.2. The van der Waals surface area contributed by atoms with E-state index in [4.69, 9.17) is 9.47 Å². The lowest BCUT2D eigenvalue weighted by Gasteiger charge is -2.36. The van der Waals surface area contributed by atoms with Crippen molar-refractivity contribution in [2.75, 3.05) is 26.3 Å². The molecule has 2 aromatic carbocycles. The molecule has 0 saturated carbocycles. The summed E-state index contributed by atoms with van der Waals surface area (Å²) in [6, 6.07) is 15.5. The van der Waals surface area contributed by atoms with Crippen LogP contribution in [0.3, 0.4) is 0 Å². The Labute approximate surface area is 202 Å². The van der Waals surface area contributed by atoms with Gasteiger partial charge >= 0.3 is 0 Å². The van der Waals surface area contributed by atoms with Crippen molar-refractivity contribution in [2.24, 2.45) is 5.92 Å². The van der Waals surface area contributed by atoms with Crippen molar-refractivity contribution < 1.29 is 9.47 Å². The highest BCUT2D eigenvalue weighted by atomic mass is 16.6. The van der Waals surface area contributed by atoms with Gasteiger partial charge in [0.25, 0.3) is 5.56 Å². The maximum Gasteiger partial charge on any atom is 0.253 e. The number of fused-ring (bicyclic) bond motifs is 2. The molecule has 2 aliphatic heterocycles. The maximum atomic E-state index is 13.5. The third kappa shape index (κ3) is 4.27. The Morgan fingerprint density at radius 2 is 1.91 bits per heavy atom. The van der Waals surface area contributed by atoms with Crippen LogP contribution in [0, 0.1) is 5.92 Å². The largest absolute Gasteiger partial charge is 0.486 e. The molecule has 2 unspecified atom stereocenters. The number of pyridine rings is 1. The number of piperidine rings is 1. The Morgan fingerprint density at radius 1 is 1.11 bits per heavy atom. The van der Waals surface area contributed by atoms with Gasteiger partial charge < -0.3 is 14.5 Å². The fourth-order valence-electron chi connectivity index (χ4n) is 5.20. The number of tetrazole rings is 1. The number of aromatic nitrogens is 5. The van der Waals surface area contributed by atoms with Crippen molar-refractivity contribution in [1.82, 2.24) is 30.1 Å². The lowest BCUT2D eigenvalue weighted by atomic mass is 9.95. The molecule has 1 N–H and O–H groups in total. The first kappa shape index (κ1) is 21.8. The Kier molecular flexibility index (Phi) is 5.69. The predicted octanol–water partition coefficient (Wildman–Crippen LogP) is 3.16. The van der Waals surface area contributed by atoms with E-state index in [0.717, 1.165) is 36.0 Å². The van der Waals surface area contributed by atoms with Gasteiger partial charge in [-0.25, -0.2) is 4.68 Å². The van der Waals surface area contributed by atoms with Crippen LogP contribution in [-0.4, -0.2) is 56.4 Å². The zero-order valence-corrected chi connectivity index (χ0v) is 19.7. The molecular weight excluding hydrogens is 444 g/mol. The van der Waals surface area contributed by atoms with Crippen LogP contribution in [-0.2, 0) is 6.54 Å². The Hall–Kier alpha value is -3.72. The second-order valence-corrected chi connectivity index (χ2v) is 9.46. The molecule has 180 valence electrons. The number of hydrogen-bond donors (Lipinski definition) is 1. The Bertz CT molecular complexity index is 1400. The quantitative estimate of drug-likeness (QED) is 0.476. The molecule has 0 amide bonds. The van der Waals surface area contributed by atoms with Crippen LogP contribution < -0.4 is 15.0 Å². The third-order valence-corrected chi connectivity index (χ3v) is 6.86. The fourth-order valence-corrected chi connectivity index (χ4v) is 5.20. The van der Waals surface area contributed by atoms with Gasteiger partial charge in [0, 0.05) is 23.6 Å². The summed E-state index contributed by atoms with van der Waals surface area (Å²) in [6.45, 7) is 5.56. The lowest BCUT2D eigenvalue weighted by molar-refractivity contribution is 0.141. The highest BCUT2D eigenvalue weighted by Crippen LogP contribution is 2.36. The summed E-state index contributed by atoms with van der Waals surface area (Å²) in [5, 5.41) is 13.7. The summed E-state index contributed by atoms with van der Waals surface area (Å²) in [4.78, 5) is 18.9. The number of H-pyrrole nitrogens is 1. The third-order valence-electron chi connectivity index (χ3n) is 6.86. The van der Waals surface area contributed by atoms with Crippen LogP contribution in [0.25, 0.3) is 10.9 Å². The molecule has 0 spiro atoms. The van der Waals surface area contributed by atoms with Gasteiger partial charge in [-0.15, -0.1) is 5.10 Å². The average molecular weight is 473 g/mol. The summed E-state index contributed by atoms with van der Waals surface area (Å²) in [5.74, 6) is 2.55. The molecule has 35 heavy (non-hydrogen) atoms. The van der Waals surface area contributed by atoms with Gasteiger partial charge in [-0.05, 0) is 53.4 Å². The number of rotatable bonds is 5. The number of aromatic amines is 1. The summed E-state index contributed by atoms with van der Waals surface area (Å²) < 4.78 is 13.3. The van der Waals surface area contributed by atoms with Crippen molar-refractivity contribution in [1.29, 1.82) is 0 Å². The fraction of sp³-hybridized carbons (Fsp3) is 0.385. The first-order valence-electron chi connectivity index (χ1n) is 12.2. The lowest BCUT2D eigenvalue weighted by Crippen LogP contribution is -2.41. The summed E-state index contributed by atoms with van der Waals surface area (Å²) >= 11 is 0. The molecule has 9 heteroatoms. The van der Waals surface area contributed by atoms with Gasteiger partial charge in [0.1, 0.15) is 19.3 Å². The molecule has 0 aliphatic carbocycles. The second-order valence-electron chi connectivity index (χ2n) is 9.46. The highest BCUT2D eigenvalue weighted by molar-refractivity contribution is 5.83. The summed E-state index contributed by atoms with van der Waals surface area (Å²) in [5.41, 5.74) is 2.31. The first-order chi connectivity index (χ1) is 17.2. The monoisotopic (exact) mass is 472 g/mol. The van der Waals surface area contributed by atoms with Crippen molar-refractivity contribution in [3.05, 3.63) is 75.8 Å². The highest BCUT2D eigenvalue weighted by Gasteiger charge is 2.33. The predicted molar refractivity (Wildman–Crippen MR) is 131 cm³/mol. The van der Waals surface area contributed by atoms with E-state index in [1.807, 2.05) is 41.1 Å². The molecule has 1 fully saturated rings. The number of nitrogens with one attached hydrogen (secondary N) is 1. The topological polar surface area (TPSA) is 98.2 Å². The van der Waals surface area contributed by atoms with Crippen LogP contribution in [0.1, 0.15) is 42.8 Å². The van der Waals surface area contributed by atoms with E-state index in [2.05, 4.69) is 44.5 Å². The van der Waals surface area contributed by atoms with Crippen molar-refractivity contribution in [2.45, 2.75) is 32.4 Å². The van der Waals surface area contributed by atoms with Gasteiger partial charge in [-0.3, -0.25) is 9.69 Å². The molecule has 2 aliphatic rings. The molecule has 9 nitrogen and oxygen atoms in total. The maximum absolute atomic E-state index is 13.5. The van der Waals surface area contributed by atoms with E-state index >= 15 is 0 Å². The zero-order chi connectivity index (χ0) is 23.8. The van der Waals surface area contributed by atoms with Crippen LogP contribution in [0.4, 0.5) is 0 Å². The van der Waals surface area contributed by atoms with E-state index in [9.17, 15) is 4.79 Å². The van der Waals surface area contributed by atoms with Gasteiger partial charge in [0.2, 0.25) is 0 Å². The number of nitrogens with zero attached hydrogens (tertiary/aromatic N) is 5. The minimum atomic E-state index is -0.363. The molecule has 0 bridgehead atoms. The Morgan fingerprint density at radius 3 is 2.71 bits per heavy atom. The van der Waals surface area contributed by atoms with E-state index in [1.54, 1.807) is 0 Å². The molecule has 4 heterocycles. The van der Waals surface area contributed by atoms with E-state index < -0.39 is 0 Å². The molecule has 1 saturated heterocycles. The van der Waals surface area contributed by atoms with Crippen LogP contribution in [0.2, 0.25) is 0 Å². The summed E-state index contributed by atoms with van der Waals surface area (Å²) in [6.07, 6.45) is 2.25. The van der Waals surface area contributed by atoms with Gasteiger partial charge in [0.15, 0.2) is 17.3 Å². The molecule has 0 radical (unpaired) electrons. The molecule has 4 aromatic rings. The molecule has 2 atom stereocenters. The average Bonchev–Trinajstić information content (AvgIpc) is 3.31. The molecule has 2 aromatic heterocycles. The minimum Gasteiger partial charge on any atom is -0.486 e. The Balaban J connectivity index is 1.47. The number of likely N-dealkylation sites (tertiary alicyclic amines) is 1. The van der Waals surface area contributed by atoms with E-state index in [1.165, 1.54) is 6.42 Å². The van der Waals surface area contributed by atoms with Crippen molar-refractivity contribution >= 4 is 10.9 Å². The van der Waals surface area contributed by atoms with Crippen LogP contribution in [0.15, 0.2) is 53.3 Å². The van der Waals surface area contributed by atoms with Crippen LogP contribution >= 0.6 is 0 Å².